The third kappa shape index (κ3) is 2.80. The molecular weight excluding hydrogens is 287 g/mol. The summed E-state index contributed by atoms with van der Waals surface area (Å²) in [6.07, 6.45) is 0.608. The standard InChI is InChI=1S/C12H17FN2O4S/c1-5-6-14(4)20(18,19)12-8(2)7-10(13)11(9(12)3)15(16)17/h7H,5-6H2,1-4H3. The van der Waals surface area contributed by atoms with Crippen molar-refractivity contribution >= 4 is 15.7 Å². The first kappa shape index (κ1) is 16.5. The third-order valence-corrected chi connectivity index (χ3v) is 5.16. The molecule has 1 aromatic rings. The van der Waals surface area contributed by atoms with Gasteiger partial charge in [-0.1, -0.05) is 6.92 Å². The van der Waals surface area contributed by atoms with Crippen LogP contribution in [0.25, 0.3) is 0 Å². The Bertz CT molecular complexity index is 643. The molecule has 8 heteroatoms. The van der Waals surface area contributed by atoms with E-state index in [1.807, 2.05) is 6.92 Å². The lowest BCUT2D eigenvalue weighted by molar-refractivity contribution is -0.388. The number of halogens is 1. The van der Waals surface area contributed by atoms with Crippen molar-refractivity contribution in [1.29, 1.82) is 0 Å². The molecular formula is C12H17FN2O4S. The van der Waals surface area contributed by atoms with Crippen molar-refractivity contribution in [3.8, 4) is 0 Å². The summed E-state index contributed by atoms with van der Waals surface area (Å²) in [5, 5.41) is 10.9. The van der Waals surface area contributed by atoms with E-state index in [2.05, 4.69) is 0 Å². The molecule has 0 aliphatic carbocycles. The quantitative estimate of drug-likeness (QED) is 0.618. The number of benzene rings is 1. The normalized spacial score (nSPS) is 11.9. The van der Waals surface area contributed by atoms with Crippen molar-refractivity contribution in [2.45, 2.75) is 32.1 Å². The number of sulfonamides is 1. The Balaban J connectivity index is 3.62. The first-order valence-corrected chi connectivity index (χ1v) is 7.49. The van der Waals surface area contributed by atoms with Crippen molar-refractivity contribution in [3.63, 3.8) is 0 Å². The summed E-state index contributed by atoms with van der Waals surface area (Å²) in [7, 11) is -2.48. The van der Waals surface area contributed by atoms with Gasteiger partial charge in [0.05, 0.1) is 15.4 Å². The minimum absolute atomic E-state index is 0.161. The molecule has 20 heavy (non-hydrogen) atoms. The Morgan fingerprint density at radius 3 is 2.40 bits per heavy atom. The van der Waals surface area contributed by atoms with Gasteiger partial charge in [0.25, 0.3) is 0 Å². The Morgan fingerprint density at radius 2 is 1.95 bits per heavy atom. The highest BCUT2D eigenvalue weighted by Crippen LogP contribution is 2.32. The number of hydrogen-bond donors (Lipinski definition) is 0. The fraction of sp³-hybridized carbons (Fsp3) is 0.500. The number of nitrogens with zero attached hydrogens (tertiary/aromatic N) is 2. The monoisotopic (exact) mass is 304 g/mol. The molecule has 0 saturated carbocycles. The third-order valence-electron chi connectivity index (χ3n) is 3.01. The molecule has 0 N–H and O–H groups in total. The molecule has 0 fully saturated rings. The van der Waals surface area contributed by atoms with E-state index in [1.165, 1.54) is 20.9 Å². The second-order valence-corrected chi connectivity index (χ2v) is 6.54. The summed E-state index contributed by atoms with van der Waals surface area (Å²) in [6.45, 7) is 4.78. The Hall–Kier alpha value is -1.54. The van der Waals surface area contributed by atoms with Crippen molar-refractivity contribution in [2.75, 3.05) is 13.6 Å². The highest BCUT2D eigenvalue weighted by molar-refractivity contribution is 7.89. The molecule has 1 aromatic carbocycles. The predicted molar refractivity (Wildman–Crippen MR) is 72.6 cm³/mol. The van der Waals surface area contributed by atoms with Gasteiger partial charge in [-0.2, -0.15) is 4.39 Å². The molecule has 0 bridgehead atoms. The van der Waals surface area contributed by atoms with Crippen LogP contribution in [0, 0.1) is 29.8 Å². The molecule has 0 amide bonds. The van der Waals surface area contributed by atoms with Crippen molar-refractivity contribution < 1.29 is 17.7 Å². The Kier molecular flexibility index (Phi) is 4.82. The van der Waals surface area contributed by atoms with Crippen LogP contribution in [0.2, 0.25) is 0 Å². The van der Waals surface area contributed by atoms with Crippen LogP contribution >= 0.6 is 0 Å². The number of aryl methyl sites for hydroxylation is 1. The number of nitro benzene ring substituents is 1. The molecule has 0 atom stereocenters. The van der Waals surface area contributed by atoms with E-state index in [0.717, 1.165) is 10.4 Å². The van der Waals surface area contributed by atoms with E-state index in [1.54, 1.807) is 0 Å². The molecule has 112 valence electrons. The molecule has 0 aliphatic heterocycles. The van der Waals surface area contributed by atoms with E-state index < -0.39 is 26.5 Å². The SMILES string of the molecule is CCCN(C)S(=O)(=O)c1c(C)cc(F)c([N+](=O)[O-])c1C. The van der Waals surface area contributed by atoms with Crippen LogP contribution in [0.4, 0.5) is 10.1 Å². The van der Waals surface area contributed by atoms with Crippen LogP contribution in [0.15, 0.2) is 11.0 Å². The van der Waals surface area contributed by atoms with Crippen LogP contribution in [-0.4, -0.2) is 31.2 Å². The highest BCUT2D eigenvalue weighted by Gasteiger charge is 2.31. The lowest BCUT2D eigenvalue weighted by Gasteiger charge is -2.19. The molecule has 6 nitrogen and oxygen atoms in total. The zero-order valence-electron chi connectivity index (χ0n) is 11.8. The molecule has 0 aromatic heterocycles. The number of hydrogen-bond acceptors (Lipinski definition) is 4. The zero-order valence-corrected chi connectivity index (χ0v) is 12.6. The second kappa shape index (κ2) is 5.84. The van der Waals surface area contributed by atoms with Gasteiger partial charge in [0, 0.05) is 13.6 Å². The summed E-state index contributed by atoms with van der Waals surface area (Å²) >= 11 is 0. The maximum absolute atomic E-state index is 13.6. The van der Waals surface area contributed by atoms with Gasteiger partial charge in [0.2, 0.25) is 15.8 Å². The van der Waals surface area contributed by atoms with Gasteiger partial charge >= 0.3 is 5.69 Å². The van der Waals surface area contributed by atoms with Gasteiger partial charge in [-0.15, -0.1) is 0 Å². The topological polar surface area (TPSA) is 80.5 Å². The summed E-state index contributed by atoms with van der Waals surface area (Å²) in [6, 6.07) is 0.887. The van der Waals surface area contributed by atoms with Gasteiger partial charge < -0.3 is 0 Å². The van der Waals surface area contributed by atoms with Gasteiger partial charge in [-0.25, -0.2) is 12.7 Å². The smallest absolute Gasteiger partial charge is 0.258 e. The average molecular weight is 304 g/mol. The summed E-state index contributed by atoms with van der Waals surface area (Å²) < 4.78 is 39.6. The summed E-state index contributed by atoms with van der Waals surface area (Å²) in [4.78, 5) is 9.79. The molecule has 0 spiro atoms. The van der Waals surface area contributed by atoms with Crippen LogP contribution in [-0.2, 0) is 10.0 Å². The molecule has 0 unspecified atom stereocenters. The lowest BCUT2D eigenvalue weighted by atomic mass is 10.1. The molecule has 1 rings (SSSR count). The van der Waals surface area contributed by atoms with Crippen LogP contribution in [0.1, 0.15) is 24.5 Å². The van der Waals surface area contributed by atoms with Crippen LogP contribution < -0.4 is 0 Å². The Morgan fingerprint density at radius 1 is 1.40 bits per heavy atom. The molecule has 0 saturated heterocycles. The van der Waals surface area contributed by atoms with Crippen molar-refractivity contribution in [3.05, 3.63) is 33.1 Å². The second-order valence-electron chi connectivity index (χ2n) is 4.56. The summed E-state index contributed by atoms with van der Waals surface area (Å²) in [5.41, 5.74) is -0.803. The van der Waals surface area contributed by atoms with Crippen LogP contribution in [0.3, 0.4) is 0 Å². The molecule has 0 heterocycles. The number of nitro groups is 1. The first-order chi connectivity index (χ1) is 9.14. The zero-order chi connectivity index (χ0) is 15.7. The molecule has 0 radical (unpaired) electrons. The van der Waals surface area contributed by atoms with Gasteiger partial charge in [0.1, 0.15) is 0 Å². The molecule has 0 aliphatic rings. The van der Waals surface area contributed by atoms with E-state index >= 15 is 0 Å². The van der Waals surface area contributed by atoms with E-state index in [-0.39, 0.29) is 22.6 Å². The van der Waals surface area contributed by atoms with E-state index in [0.29, 0.717) is 6.42 Å². The van der Waals surface area contributed by atoms with E-state index in [9.17, 15) is 22.9 Å². The highest BCUT2D eigenvalue weighted by atomic mass is 32.2. The Labute approximate surface area is 117 Å². The van der Waals surface area contributed by atoms with E-state index in [4.69, 9.17) is 0 Å². The van der Waals surface area contributed by atoms with Gasteiger partial charge in [-0.3, -0.25) is 10.1 Å². The minimum Gasteiger partial charge on any atom is -0.258 e. The van der Waals surface area contributed by atoms with Crippen molar-refractivity contribution in [1.82, 2.24) is 4.31 Å². The van der Waals surface area contributed by atoms with Crippen molar-refractivity contribution in [2.24, 2.45) is 0 Å². The maximum atomic E-state index is 13.6. The van der Waals surface area contributed by atoms with Gasteiger partial charge in [0.15, 0.2) is 0 Å². The lowest BCUT2D eigenvalue weighted by Crippen LogP contribution is -2.29. The fourth-order valence-corrected chi connectivity index (χ4v) is 3.80. The average Bonchev–Trinajstić information content (AvgIpc) is 2.26. The number of rotatable bonds is 5. The fourth-order valence-electron chi connectivity index (χ4n) is 2.12. The largest absolute Gasteiger partial charge is 0.309 e. The van der Waals surface area contributed by atoms with Crippen LogP contribution in [0.5, 0.6) is 0 Å². The van der Waals surface area contributed by atoms with Gasteiger partial charge in [-0.05, 0) is 31.9 Å². The predicted octanol–water partition coefficient (Wildman–Crippen LogP) is 2.38. The first-order valence-electron chi connectivity index (χ1n) is 6.05. The maximum Gasteiger partial charge on any atom is 0.309 e. The minimum atomic E-state index is -3.87. The summed E-state index contributed by atoms with van der Waals surface area (Å²) in [5.74, 6) is -1.03.